The van der Waals surface area contributed by atoms with E-state index < -0.39 is 15.7 Å². The molecule has 1 aliphatic rings. The topological polar surface area (TPSA) is 75.4 Å². The molecule has 1 fully saturated rings. The average molecular weight is 279 g/mol. The summed E-state index contributed by atoms with van der Waals surface area (Å²) in [5.74, 6) is 0.598. The van der Waals surface area contributed by atoms with Gasteiger partial charge >= 0.3 is 0 Å². The van der Waals surface area contributed by atoms with E-state index in [9.17, 15) is 8.42 Å². The Morgan fingerprint density at radius 2 is 1.88 bits per heavy atom. The molecule has 0 atom stereocenters. The zero-order valence-corrected chi connectivity index (χ0v) is 12.2. The molecule has 0 heterocycles. The van der Waals surface area contributed by atoms with Crippen molar-refractivity contribution in [1.29, 1.82) is 0 Å². The molecule has 0 aromatic rings. The molecule has 0 radical (unpaired) electrons. The van der Waals surface area contributed by atoms with Crippen molar-refractivity contribution < 1.29 is 8.42 Å². The fraction of sp³-hybridized carbons (Fsp3) is 0.900. The van der Waals surface area contributed by atoms with Crippen LogP contribution in [-0.2, 0) is 10.2 Å². The number of thiocarbonyl (C=S) groups is 1. The van der Waals surface area contributed by atoms with Crippen molar-refractivity contribution >= 4 is 27.4 Å². The molecule has 0 aromatic carbocycles. The van der Waals surface area contributed by atoms with Gasteiger partial charge in [0.2, 0.25) is 0 Å². The first-order valence-electron chi connectivity index (χ1n) is 5.71. The second-order valence-electron chi connectivity index (χ2n) is 5.02. The number of hydrogen-bond acceptors (Lipinski definition) is 3. The van der Waals surface area contributed by atoms with Gasteiger partial charge in [0.05, 0.1) is 10.5 Å². The number of nitrogens with two attached hydrogens (primary N) is 1. The Hall–Kier alpha value is -0.240. The Bertz CT molecular complexity index is 384. The SMILES string of the molecule is CC1CCC(NS(=O)(=O)N(C)C)(C(N)=S)CC1. The third kappa shape index (κ3) is 3.37. The van der Waals surface area contributed by atoms with Crippen LogP contribution in [0.3, 0.4) is 0 Å². The minimum absolute atomic E-state index is 0.245. The van der Waals surface area contributed by atoms with Gasteiger partial charge in [-0.25, -0.2) is 0 Å². The van der Waals surface area contributed by atoms with Crippen LogP contribution in [0.1, 0.15) is 32.6 Å². The maximum atomic E-state index is 11.9. The summed E-state index contributed by atoms with van der Waals surface area (Å²) in [5, 5.41) is 0. The van der Waals surface area contributed by atoms with Crippen LogP contribution in [0.5, 0.6) is 0 Å². The zero-order valence-electron chi connectivity index (χ0n) is 10.6. The van der Waals surface area contributed by atoms with Gasteiger partial charge in [-0.1, -0.05) is 19.1 Å². The molecule has 1 aliphatic carbocycles. The van der Waals surface area contributed by atoms with Crippen LogP contribution in [-0.4, -0.2) is 37.3 Å². The van der Waals surface area contributed by atoms with E-state index in [1.165, 1.54) is 14.1 Å². The number of rotatable bonds is 4. The largest absolute Gasteiger partial charge is 0.392 e. The Morgan fingerprint density at radius 3 is 2.24 bits per heavy atom. The second kappa shape index (κ2) is 5.17. The first kappa shape index (κ1) is 14.8. The lowest BCUT2D eigenvalue weighted by Gasteiger charge is -2.39. The summed E-state index contributed by atoms with van der Waals surface area (Å²) >= 11 is 5.05. The average Bonchev–Trinajstić information content (AvgIpc) is 2.21. The van der Waals surface area contributed by atoms with E-state index >= 15 is 0 Å². The maximum absolute atomic E-state index is 11.9. The van der Waals surface area contributed by atoms with Gasteiger partial charge < -0.3 is 5.73 Å². The van der Waals surface area contributed by atoms with Crippen LogP contribution < -0.4 is 10.5 Å². The molecule has 0 spiro atoms. The van der Waals surface area contributed by atoms with Crippen LogP contribution >= 0.6 is 12.2 Å². The van der Waals surface area contributed by atoms with E-state index in [-0.39, 0.29) is 4.99 Å². The number of nitrogens with zero attached hydrogens (tertiary/aromatic N) is 1. The summed E-state index contributed by atoms with van der Waals surface area (Å²) in [6.45, 7) is 2.16. The van der Waals surface area contributed by atoms with Gasteiger partial charge in [0.1, 0.15) is 0 Å². The highest BCUT2D eigenvalue weighted by Crippen LogP contribution is 2.32. The normalized spacial score (nSPS) is 30.5. The number of nitrogens with one attached hydrogen (secondary N) is 1. The predicted octanol–water partition coefficient (Wildman–Crippen LogP) is 0.617. The molecule has 100 valence electrons. The molecule has 0 aromatic heterocycles. The standard InChI is InChI=1S/C10H21N3O2S2/c1-8-4-6-10(7-5-8,9(11)16)12-17(14,15)13(2)3/h8,12H,4-7H2,1-3H3,(H2,11,16). The molecule has 0 amide bonds. The molecule has 3 N–H and O–H groups in total. The summed E-state index contributed by atoms with van der Waals surface area (Å²) in [4.78, 5) is 0.245. The van der Waals surface area contributed by atoms with E-state index in [4.69, 9.17) is 18.0 Å². The Morgan fingerprint density at radius 1 is 1.41 bits per heavy atom. The fourth-order valence-electron chi connectivity index (χ4n) is 1.99. The van der Waals surface area contributed by atoms with Crippen LogP contribution in [0.15, 0.2) is 0 Å². The van der Waals surface area contributed by atoms with Crippen molar-refractivity contribution in [3.8, 4) is 0 Å². The smallest absolute Gasteiger partial charge is 0.279 e. The van der Waals surface area contributed by atoms with Gasteiger partial charge in [0.25, 0.3) is 10.2 Å². The van der Waals surface area contributed by atoms with Crippen molar-refractivity contribution in [2.75, 3.05) is 14.1 Å². The van der Waals surface area contributed by atoms with Gasteiger partial charge in [-0.15, -0.1) is 0 Å². The highest BCUT2D eigenvalue weighted by atomic mass is 32.2. The molecule has 5 nitrogen and oxygen atoms in total. The minimum atomic E-state index is -3.50. The number of hydrogen-bond donors (Lipinski definition) is 2. The van der Waals surface area contributed by atoms with Crippen LogP contribution in [0.4, 0.5) is 0 Å². The van der Waals surface area contributed by atoms with Crippen molar-refractivity contribution in [1.82, 2.24) is 9.03 Å². The van der Waals surface area contributed by atoms with Crippen molar-refractivity contribution in [3.05, 3.63) is 0 Å². The Balaban J connectivity index is 2.92. The van der Waals surface area contributed by atoms with Crippen molar-refractivity contribution in [3.63, 3.8) is 0 Å². The lowest BCUT2D eigenvalue weighted by atomic mass is 9.78. The van der Waals surface area contributed by atoms with E-state index in [0.29, 0.717) is 18.8 Å². The molecular weight excluding hydrogens is 258 g/mol. The fourth-order valence-corrected chi connectivity index (χ4v) is 3.30. The third-order valence-corrected chi connectivity index (χ3v) is 5.41. The summed E-state index contributed by atoms with van der Waals surface area (Å²) in [5.41, 5.74) is 5.00. The molecular formula is C10H21N3O2S2. The molecule has 0 aliphatic heterocycles. The van der Waals surface area contributed by atoms with Crippen molar-refractivity contribution in [2.45, 2.75) is 38.1 Å². The van der Waals surface area contributed by atoms with Gasteiger partial charge in [-0.2, -0.15) is 17.4 Å². The van der Waals surface area contributed by atoms with Gasteiger partial charge in [-0.3, -0.25) is 0 Å². The van der Waals surface area contributed by atoms with E-state index in [1.807, 2.05) is 0 Å². The van der Waals surface area contributed by atoms with Crippen molar-refractivity contribution in [2.24, 2.45) is 11.7 Å². The second-order valence-corrected chi connectivity index (χ2v) is 7.34. The highest BCUT2D eigenvalue weighted by molar-refractivity contribution is 7.87. The van der Waals surface area contributed by atoms with E-state index in [0.717, 1.165) is 17.1 Å². The van der Waals surface area contributed by atoms with Crippen LogP contribution in [0.25, 0.3) is 0 Å². The lowest BCUT2D eigenvalue weighted by molar-refractivity contribution is 0.285. The van der Waals surface area contributed by atoms with Gasteiger partial charge in [0.15, 0.2) is 0 Å². The quantitative estimate of drug-likeness (QED) is 0.740. The minimum Gasteiger partial charge on any atom is -0.392 e. The van der Waals surface area contributed by atoms with Crippen LogP contribution in [0.2, 0.25) is 0 Å². The van der Waals surface area contributed by atoms with Gasteiger partial charge in [0, 0.05) is 14.1 Å². The first-order chi connectivity index (χ1) is 7.69. The monoisotopic (exact) mass is 279 g/mol. The summed E-state index contributed by atoms with van der Waals surface area (Å²) in [6, 6.07) is 0. The molecule has 0 bridgehead atoms. The van der Waals surface area contributed by atoms with E-state index in [2.05, 4.69) is 11.6 Å². The lowest BCUT2D eigenvalue weighted by Crippen LogP contribution is -2.60. The molecule has 1 rings (SSSR count). The summed E-state index contributed by atoms with van der Waals surface area (Å²) in [7, 11) is -0.529. The molecule has 0 saturated heterocycles. The molecule has 1 saturated carbocycles. The van der Waals surface area contributed by atoms with Crippen LogP contribution in [0, 0.1) is 5.92 Å². The first-order valence-corrected chi connectivity index (χ1v) is 7.56. The molecule has 17 heavy (non-hydrogen) atoms. The predicted molar refractivity (Wildman–Crippen MR) is 72.9 cm³/mol. The molecule has 0 unspecified atom stereocenters. The summed E-state index contributed by atoms with van der Waals surface area (Å²) in [6.07, 6.45) is 3.23. The maximum Gasteiger partial charge on any atom is 0.279 e. The Labute approximate surface area is 109 Å². The highest BCUT2D eigenvalue weighted by Gasteiger charge is 2.40. The zero-order chi connectivity index (χ0) is 13.3. The summed E-state index contributed by atoms with van der Waals surface area (Å²) < 4.78 is 27.6. The van der Waals surface area contributed by atoms with Gasteiger partial charge in [-0.05, 0) is 31.6 Å². The van der Waals surface area contributed by atoms with E-state index in [1.54, 1.807) is 0 Å². The third-order valence-electron chi connectivity index (χ3n) is 3.40. The molecule has 7 heteroatoms. The Kier molecular flexibility index (Phi) is 4.51.